The lowest BCUT2D eigenvalue weighted by atomic mass is 10.2. The molecule has 0 aliphatic rings. The fourth-order valence-corrected chi connectivity index (χ4v) is 1.01. The molecule has 5 heteroatoms. The molecule has 0 radical (unpaired) electrons. The summed E-state index contributed by atoms with van der Waals surface area (Å²) in [7, 11) is 1.70. The standard InChI is InChI=1S/C10H20N2O3/c1-9(10(13)14)12-11-7-5-3-4-6-8-15-2/h9H,3-8H2,1-2H3,(H,13,14). The predicted molar refractivity (Wildman–Crippen MR) is 57.2 cm³/mol. The number of methoxy groups -OCH3 is 1. The van der Waals surface area contributed by atoms with Crippen LogP contribution in [0.2, 0.25) is 0 Å². The maximum absolute atomic E-state index is 10.4. The van der Waals surface area contributed by atoms with Gasteiger partial charge in [-0.2, -0.15) is 10.2 Å². The third-order valence-corrected chi connectivity index (χ3v) is 1.97. The number of ether oxygens (including phenoxy) is 1. The van der Waals surface area contributed by atoms with Gasteiger partial charge in [0.25, 0.3) is 0 Å². The molecule has 0 aliphatic heterocycles. The zero-order valence-corrected chi connectivity index (χ0v) is 9.48. The fourth-order valence-electron chi connectivity index (χ4n) is 1.01. The fraction of sp³-hybridized carbons (Fsp3) is 0.900. The molecule has 0 amide bonds. The number of aliphatic carboxylic acids is 1. The Labute approximate surface area is 90.5 Å². The smallest absolute Gasteiger partial charge is 0.330 e. The van der Waals surface area contributed by atoms with Crippen molar-refractivity contribution in [3.63, 3.8) is 0 Å². The molecule has 0 aromatic carbocycles. The van der Waals surface area contributed by atoms with E-state index >= 15 is 0 Å². The van der Waals surface area contributed by atoms with Crippen LogP contribution < -0.4 is 0 Å². The van der Waals surface area contributed by atoms with E-state index in [1.54, 1.807) is 7.11 Å². The Hall–Kier alpha value is -0.970. The summed E-state index contributed by atoms with van der Waals surface area (Å²) in [6.07, 6.45) is 4.24. The lowest BCUT2D eigenvalue weighted by molar-refractivity contribution is -0.138. The van der Waals surface area contributed by atoms with Crippen LogP contribution in [0.4, 0.5) is 0 Å². The first-order chi connectivity index (χ1) is 7.18. The highest BCUT2D eigenvalue weighted by atomic mass is 16.5. The van der Waals surface area contributed by atoms with Crippen molar-refractivity contribution in [2.75, 3.05) is 20.3 Å². The van der Waals surface area contributed by atoms with Gasteiger partial charge in [-0.05, 0) is 19.8 Å². The normalized spacial score (nSPS) is 13.2. The summed E-state index contributed by atoms with van der Waals surface area (Å²) in [6, 6.07) is -0.724. The van der Waals surface area contributed by atoms with E-state index in [-0.39, 0.29) is 0 Å². The number of carboxylic acid groups (broad SMARTS) is 1. The zero-order valence-electron chi connectivity index (χ0n) is 9.48. The summed E-state index contributed by atoms with van der Waals surface area (Å²) >= 11 is 0. The molecule has 0 bridgehead atoms. The minimum Gasteiger partial charge on any atom is -0.480 e. The molecule has 15 heavy (non-hydrogen) atoms. The number of carboxylic acids is 1. The summed E-state index contributed by atoms with van der Waals surface area (Å²) in [5.74, 6) is -0.932. The van der Waals surface area contributed by atoms with Crippen molar-refractivity contribution < 1.29 is 14.6 Å². The maximum Gasteiger partial charge on any atom is 0.330 e. The molecule has 1 unspecified atom stereocenters. The van der Waals surface area contributed by atoms with Crippen molar-refractivity contribution in [1.82, 2.24) is 0 Å². The van der Waals surface area contributed by atoms with Crippen molar-refractivity contribution in [3.05, 3.63) is 0 Å². The topological polar surface area (TPSA) is 71.2 Å². The third-order valence-electron chi connectivity index (χ3n) is 1.97. The van der Waals surface area contributed by atoms with E-state index in [0.29, 0.717) is 6.54 Å². The molecule has 0 rings (SSSR count). The van der Waals surface area contributed by atoms with Crippen LogP contribution in [0.3, 0.4) is 0 Å². The molecule has 0 spiro atoms. The molecule has 5 nitrogen and oxygen atoms in total. The second kappa shape index (κ2) is 9.58. The van der Waals surface area contributed by atoms with Gasteiger partial charge in [-0.25, -0.2) is 4.79 Å². The second-order valence-electron chi connectivity index (χ2n) is 3.40. The number of hydrogen-bond acceptors (Lipinski definition) is 4. The molecule has 0 aromatic rings. The zero-order chi connectivity index (χ0) is 11.5. The average molecular weight is 216 g/mol. The Kier molecular flexibility index (Phi) is 8.96. The summed E-state index contributed by atoms with van der Waals surface area (Å²) in [5.41, 5.74) is 0. The monoisotopic (exact) mass is 216 g/mol. The number of azo groups is 1. The molecule has 0 saturated carbocycles. The van der Waals surface area contributed by atoms with Gasteiger partial charge >= 0.3 is 5.97 Å². The molecule has 0 heterocycles. The molecule has 88 valence electrons. The van der Waals surface area contributed by atoms with Gasteiger partial charge < -0.3 is 9.84 Å². The van der Waals surface area contributed by atoms with Crippen molar-refractivity contribution in [1.29, 1.82) is 0 Å². The Morgan fingerprint density at radius 2 is 2.00 bits per heavy atom. The van der Waals surface area contributed by atoms with Gasteiger partial charge in [0.15, 0.2) is 6.04 Å². The van der Waals surface area contributed by atoms with Crippen molar-refractivity contribution in [2.24, 2.45) is 10.2 Å². The van der Waals surface area contributed by atoms with Crippen molar-refractivity contribution in [2.45, 2.75) is 38.6 Å². The van der Waals surface area contributed by atoms with E-state index < -0.39 is 12.0 Å². The van der Waals surface area contributed by atoms with Crippen molar-refractivity contribution in [3.8, 4) is 0 Å². The molecular weight excluding hydrogens is 196 g/mol. The average Bonchev–Trinajstić information content (AvgIpc) is 2.21. The first-order valence-corrected chi connectivity index (χ1v) is 5.27. The highest BCUT2D eigenvalue weighted by Gasteiger charge is 2.07. The van der Waals surface area contributed by atoms with Gasteiger partial charge in [0.05, 0.1) is 6.54 Å². The highest BCUT2D eigenvalue weighted by Crippen LogP contribution is 2.00. The largest absolute Gasteiger partial charge is 0.480 e. The van der Waals surface area contributed by atoms with Crippen LogP contribution in [-0.4, -0.2) is 37.4 Å². The van der Waals surface area contributed by atoms with Crippen LogP contribution in [0, 0.1) is 0 Å². The Morgan fingerprint density at radius 3 is 2.60 bits per heavy atom. The minimum atomic E-state index is -0.932. The first kappa shape index (κ1) is 14.0. The van der Waals surface area contributed by atoms with E-state index in [9.17, 15) is 4.79 Å². The van der Waals surface area contributed by atoms with Crippen molar-refractivity contribution >= 4 is 5.97 Å². The molecular formula is C10H20N2O3. The number of hydrogen-bond donors (Lipinski definition) is 1. The van der Waals surface area contributed by atoms with Gasteiger partial charge in [0.2, 0.25) is 0 Å². The number of rotatable bonds is 9. The first-order valence-electron chi connectivity index (χ1n) is 5.27. The third kappa shape index (κ3) is 9.34. The Morgan fingerprint density at radius 1 is 1.33 bits per heavy atom. The van der Waals surface area contributed by atoms with Gasteiger partial charge in [-0.1, -0.05) is 12.8 Å². The van der Waals surface area contributed by atoms with Crippen LogP contribution in [0.5, 0.6) is 0 Å². The summed E-state index contributed by atoms with van der Waals surface area (Å²) in [6.45, 7) is 2.94. The van der Waals surface area contributed by atoms with E-state index in [0.717, 1.165) is 32.3 Å². The minimum absolute atomic E-state index is 0.616. The van der Waals surface area contributed by atoms with Crippen LogP contribution in [0.25, 0.3) is 0 Å². The quantitative estimate of drug-likeness (QED) is 0.474. The Bertz CT molecular complexity index is 195. The van der Waals surface area contributed by atoms with Crippen LogP contribution in [0.1, 0.15) is 32.6 Å². The summed E-state index contributed by atoms with van der Waals surface area (Å²) in [5, 5.41) is 16.0. The molecule has 0 fully saturated rings. The van der Waals surface area contributed by atoms with Gasteiger partial charge in [-0.15, -0.1) is 0 Å². The number of nitrogens with zero attached hydrogens (tertiary/aromatic N) is 2. The maximum atomic E-state index is 10.4. The number of carbonyl (C=O) groups is 1. The second-order valence-corrected chi connectivity index (χ2v) is 3.40. The predicted octanol–water partition coefficient (Wildman–Crippen LogP) is 2.12. The SMILES string of the molecule is COCCCCCCN=NC(C)C(=O)O. The molecule has 0 aliphatic carbocycles. The lowest BCUT2D eigenvalue weighted by Crippen LogP contribution is -2.12. The van der Waals surface area contributed by atoms with E-state index in [1.807, 2.05) is 0 Å². The summed E-state index contributed by atoms with van der Waals surface area (Å²) < 4.78 is 4.92. The lowest BCUT2D eigenvalue weighted by Gasteiger charge is -1.99. The van der Waals surface area contributed by atoms with E-state index in [2.05, 4.69) is 10.2 Å². The van der Waals surface area contributed by atoms with E-state index in [1.165, 1.54) is 6.92 Å². The highest BCUT2D eigenvalue weighted by molar-refractivity contribution is 5.72. The van der Waals surface area contributed by atoms with Crippen LogP contribution in [-0.2, 0) is 9.53 Å². The molecule has 1 N–H and O–H groups in total. The summed E-state index contributed by atoms with van der Waals surface area (Å²) in [4.78, 5) is 10.4. The van der Waals surface area contributed by atoms with E-state index in [4.69, 9.17) is 9.84 Å². The number of unbranched alkanes of at least 4 members (excludes halogenated alkanes) is 3. The van der Waals surface area contributed by atoms with Gasteiger partial charge in [0.1, 0.15) is 0 Å². The Balaban J connectivity index is 3.27. The molecule has 0 aromatic heterocycles. The van der Waals surface area contributed by atoms with Gasteiger partial charge in [-0.3, -0.25) is 0 Å². The molecule has 1 atom stereocenters. The van der Waals surface area contributed by atoms with Crippen LogP contribution in [0.15, 0.2) is 10.2 Å². The van der Waals surface area contributed by atoms with Crippen LogP contribution >= 0.6 is 0 Å². The van der Waals surface area contributed by atoms with Gasteiger partial charge in [0, 0.05) is 13.7 Å². The molecule has 0 saturated heterocycles.